The van der Waals surface area contributed by atoms with Gasteiger partial charge in [-0.05, 0) is 96.9 Å². The van der Waals surface area contributed by atoms with Gasteiger partial charge in [0.1, 0.15) is 24.2 Å². The second-order valence-corrected chi connectivity index (χ2v) is 11.2. The molecule has 2 aliphatic rings. The maximum atomic E-state index is 15.2. The number of aromatic nitrogens is 4. The van der Waals surface area contributed by atoms with Crippen LogP contribution in [0.4, 0.5) is 10.1 Å². The summed E-state index contributed by atoms with van der Waals surface area (Å²) in [4.78, 5) is 40.5. The molecule has 3 heterocycles. The lowest BCUT2D eigenvalue weighted by Gasteiger charge is -2.37. The summed E-state index contributed by atoms with van der Waals surface area (Å²) in [6.07, 6.45) is 5.91. The Bertz CT molecular complexity index is 1790. The van der Waals surface area contributed by atoms with E-state index in [4.69, 9.17) is 16.3 Å². The van der Waals surface area contributed by atoms with Gasteiger partial charge in [-0.2, -0.15) is 4.68 Å². The summed E-state index contributed by atoms with van der Waals surface area (Å²) in [5, 5.41) is 26.2. The highest BCUT2D eigenvalue weighted by molar-refractivity contribution is 6.31. The first-order valence-corrected chi connectivity index (χ1v) is 15.0. The van der Waals surface area contributed by atoms with Gasteiger partial charge in [-0.25, -0.2) is 9.18 Å². The van der Waals surface area contributed by atoms with Gasteiger partial charge in [-0.3, -0.25) is 9.59 Å². The molecule has 6 rings (SSSR count). The topological polar surface area (TPSA) is 152 Å². The van der Waals surface area contributed by atoms with Gasteiger partial charge >= 0.3 is 5.97 Å². The number of nitrogens with zero attached hydrogens (tertiary/aromatic N) is 5. The number of hydrogen-bond donors (Lipinski definition) is 3. The lowest BCUT2D eigenvalue weighted by atomic mass is 9.90. The number of carboxylic acids is 1. The Hall–Kier alpha value is -5.14. The maximum Gasteiger partial charge on any atom is 0.335 e. The Labute approximate surface area is 267 Å². The Morgan fingerprint density at radius 2 is 1.87 bits per heavy atom. The van der Waals surface area contributed by atoms with E-state index in [1.165, 1.54) is 64.5 Å². The number of tetrazole rings is 1. The smallest absolute Gasteiger partial charge is 0.335 e. The quantitative estimate of drug-likeness (QED) is 0.241. The lowest BCUT2D eigenvalue weighted by molar-refractivity contribution is -0.135. The van der Waals surface area contributed by atoms with Crippen molar-refractivity contribution in [1.29, 1.82) is 0 Å². The first kappa shape index (κ1) is 30.9. The van der Waals surface area contributed by atoms with Gasteiger partial charge in [0.15, 0.2) is 5.82 Å². The van der Waals surface area contributed by atoms with E-state index in [1.807, 2.05) is 6.07 Å². The van der Waals surface area contributed by atoms with Crippen LogP contribution in [0.2, 0.25) is 5.02 Å². The summed E-state index contributed by atoms with van der Waals surface area (Å²) in [5.74, 6) is -2.24. The zero-order valence-electron chi connectivity index (χ0n) is 24.4. The van der Waals surface area contributed by atoms with Crippen LogP contribution < -0.4 is 15.4 Å². The number of amides is 2. The van der Waals surface area contributed by atoms with Crippen LogP contribution in [0.25, 0.3) is 11.8 Å². The Kier molecular flexibility index (Phi) is 9.04. The number of anilines is 1. The molecule has 0 saturated carbocycles. The van der Waals surface area contributed by atoms with E-state index >= 15 is 4.39 Å². The third kappa shape index (κ3) is 6.46. The first-order valence-electron chi connectivity index (χ1n) is 14.6. The highest BCUT2D eigenvalue weighted by Crippen LogP contribution is 2.37. The number of piperidine rings is 1. The van der Waals surface area contributed by atoms with Crippen LogP contribution in [0.3, 0.4) is 0 Å². The van der Waals surface area contributed by atoms with E-state index < -0.39 is 29.6 Å². The average molecular weight is 646 g/mol. The third-order valence-corrected chi connectivity index (χ3v) is 8.28. The molecule has 3 N–H and O–H groups in total. The second kappa shape index (κ2) is 13.5. The van der Waals surface area contributed by atoms with Crippen LogP contribution in [0.5, 0.6) is 5.75 Å². The molecule has 0 aliphatic carbocycles. The van der Waals surface area contributed by atoms with Crippen molar-refractivity contribution >= 4 is 41.1 Å². The van der Waals surface area contributed by atoms with Crippen LogP contribution in [0.1, 0.15) is 45.9 Å². The monoisotopic (exact) mass is 645 g/mol. The third-order valence-electron chi connectivity index (χ3n) is 7.99. The molecule has 1 unspecified atom stereocenters. The average Bonchev–Trinajstić information content (AvgIpc) is 3.60. The Morgan fingerprint density at radius 3 is 2.59 bits per heavy atom. The van der Waals surface area contributed by atoms with Gasteiger partial charge in [0, 0.05) is 29.4 Å². The maximum absolute atomic E-state index is 15.2. The SMILES string of the molecule is O=C(O)c1ccc(NC(=O)C2c3cccc(OC4CCNCC4)c3CCN2C(=O)C=Cc2c(-n3cnnn3)ccc(Cl)c2F)cc1. The zero-order chi connectivity index (χ0) is 32.2. The predicted octanol–water partition coefficient (Wildman–Crippen LogP) is 4.06. The van der Waals surface area contributed by atoms with E-state index in [0.717, 1.165) is 31.5 Å². The molecular weight excluding hydrogens is 617 g/mol. The first-order chi connectivity index (χ1) is 22.3. The number of carbonyl (C=O) groups excluding carboxylic acids is 2. The minimum Gasteiger partial charge on any atom is -0.490 e. The largest absolute Gasteiger partial charge is 0.490 e. The van der Waals surface area contributed by atoms with Crippen LogP contribution in [0, 0.1) is 5.82 Å². The summed E-state index contributed by atoms with van der Waals surface area (Å²) >= 11 is 6.05. The summed E-state index contributed by atoms with van der Waals surface area (Å²) in [5.41, 5.74) is 2.11. The van der Waals surface area contributed by atoms with Crippen LogP contribution >= 0.6 is 11.6 Å². The van der Waals surface area contributed by atoms with Crippen molar-refractivity contribution in [3.05, 3.63) is 100 Å². The molecule has 2 amide bonds. The van der Waals surface area contributed by atoms with E-state index in [-0.39, 0.29) is 34.5 Å². The zero-order valence-corrected chi connectivity index (χ0v) is 25.2. The van der Waals surface area contributed by atoms with Gasteiger partial charge in [-0.1, -0.05) is 23.7 Å². The van der Waals surface area contributed by atoms with E-state index in [9.17, 15) is 19.5 Å². The highest BCUT2D eigenvalue weighted by Gasteiger charge is 2.37. The number of carboxylic acid groups (broad SMARTS) is 1. The van der Waals surface area contributed by atoms with Crippen molar-refractivity contribution in [2.75, 3.05) is 25.0 Å². The van der Waals surface area contributed by atoms with Gasteiger partial charge in [0.25, 0.3) is 5.91 Å². The summed E-state index contributed by atoms with van der Waals surface area (Å²) in [6.45, 7) is 1.88. The van der Waals surface area contributed by atoms with Gasteiger partial charge < -0.3 is 25.4 Å². The molecule has 2 aliphatic heterocycles. The number of benzene rings is 3. The molecule has 46 heavy (non-hydrogen) atoms. The van der Waals surface area contributed by atoms with Crippen molar-refractivity contribution in [3.63, 3.8) is 0 Å². The van der Waals surface area contributed by atoms with Crippen molar-refractivity contribution in [2.45, 2.75) is 31.4 Å². The fourth-order valence-electron chi connectivity index (χ4n) is 5.70. The van der Waals surface area contributed by atoms with Crippen molar-refractivity contribution in [1.82, 2.24) is 30.4 Å². The number of carbonyl (C=O) groups is 3. The van der Waals surface area contributed by atoms with Gasteiger partial charge in [-0.15, -0.1) is 5.10 Å². The number of hydrogen-bond acceptors (Lipinski definition) is 8. The van der Waals surface area contributed by atoms with Crippen LogP contribution in [-0.4, -0.2) is 73.7 Å². The molecule has 1 fully saturated rings. The number of aromatic carboxylic acids is 1. The van der Waals surface area contributed by atoms with Crippen LogP contribution in [-0.2, 0) is 16.0 Å². The molecule has 12 nitrogen and oxygen atoms in total. The number of rotatable bonds is 8. The van der Waals surface area contributed by atoms with Crippen molar-refractivity contribution < 1.29 is 28.6 Å². The number of nitrogens with one attached hydrogen (secondary N) is 2. The predicted molar refractivity (Wildman–Crippen MR) is 166 cm³/mol. The molecular formula is C32H29ClFN7O5. The second-order valence-electron chi connectivity index (χ2n) is 10.8. The fraction of sp³-hybridized carbons (Fsp3) is 0.250. The molecule has 236 valence electrons. The van der Waals surface area contributed by atoms with E-state index in [2.05, 4.69) is 26.2 Å². The van der Waals surface area contributed by atoms with Crippen molar-refractivity contribution in [3.8, 4) is 11.4 Å². The highest BCUT2D eigenvalue weighted by atomic mass is 35.5. The molecule has 0 radical (unpaired) electrons. The molecule has 0 spiro atoms. The number of halogens is 2. The molecule has 3 aromatic carbocycles. The van der Waals surface area contributed by atoms with Gasteiger partial charge in [0.05, 0.1) is 16.3 Å². The molecule has 14 heteroatoms. The van der Waals surface area contributed by atoms with E-state index in [1.54, 1.807) is 12.1 Å². The molecule has 0 bridgehead atoms. The van der Waals surface area contributed by atoms with Crippen LogP contribution in [0.15, 0.2) is 67.0 Å². The summed E-state index contributed by atoms with van der Waals surface area (Å²) in [7, 11) is 0. The Morgan fingerprint density at radius 1 is 1.09 bits per heavy atom. The number of ether oxygens (including phenoxy) is 1. The molecule has 1 aromatic heterocycles. The minimum absolute atomic E-state index is 0.0114. The molecule has 1 saturated heterocycles. The standard InChI is InChI=1S/C32H29ClFN7O5/c33-25-9-10-26(41-18-36-38-39-41)24(29(25)34)8-11-28(42)40-17-14-22-23(2-1-3-27(22)46-21-12-15-35-16-13-21)30(40)31(43)37-20-6-4-19(5-7-20)32(44)45/h1-11,18,21,30,35H,12-17H2,(H,37,43)(H,44,45). The van der Waals surface area contributed by atoms with Gasteiger partial charge in [0.2, 0.25) is 5.91 Å². The number of fused-ring (bicyclic) bond motifs is 1. The fourth-order valence-corrected chi connectivity index (χ4v) is 5.87. The lowest BCUT2D eigenvalue weighted by Crippen LogP contribution is -2.45. The molecule has 1 atom stereocenters. The normalized spacial score (nSPS) is 16.7. The van der Waals surface area contributed by atoms with Crippen molar-refractivity contribution in [2.24, 2.45) is 0 Å². The molecule has 4 aromatic rings. The summed E-state index contributed by atoms with van der Waals surface area (Å²) < 4.78 is 22.8. The Balaban J connectivity index is 1.33. The minimum atomic E-state index is -1.09. The summed E-state index contributed by atoms with van der Waals surface area (Å²) in [6, 6.07) is 13.0. The van der Waals surface area contributed by atoms with E-state index in [0.29, 0.717) is 23.4 Å².